The lowest BCUT2D eigenvalue weighted by atomic mass is 9.82. The summed E-state index contributed by atoms with van der Waals surface area (Å²) in [5, 5.41) is 0. The first-order chi connectivity index (χ1) is 7.95. The zero-order valence-electron chi connectivity index (χ0n) is 12.0. The van der Waals surface area contributed by atoms with Crippen LogP contribution in [0.2, 0.25) is 0 Å². The SMILES string of the molecule is CCOC(=O)C[C@@H](CCC(C)(C)CC)COC. The lowest BCUT2D eigenvalue weighted by Crippen LogP contribution is -2.19. The van der Waals surface area contributed by atoms with Crippen molar-refractivity contribution in [1.82, 2.24) is 0 Å². The summed E-state index contributed by atoms with van der Waals surface area (Å²) in [6.07, 6.45) is 3.78. The summed E-state index contributed by atoms with van der Waals surface area (Å²) in [5.41, 5.74) is 0.348. The number of methoxy groups -OCH3 is 1. The Bertz CT molecular complexity index is 212. The summed E-state index contributed by atoms with van der Waals surface area (Å²) in [6.45, 7) is 9.67. The summed E-state index contributed by atoms with van der Waals surface area (Å²) in [5.74, 6) is 0.175. The molecule has 17 heavy (non-hydrogen) atoms. The Hall–Kier alpha value is -0.570. The number of ether oxygens (including phenoxy) is 2. The van der Waals surface area contributed by atoms with Gasteiger partial charge in [-0.2, -0.15) is 0 Å². The Balaban J connectivity index is 4.10. The Morgan fingerprint density at radius 3 is 2.41 bits per heavy atom. The van der Waals surface area contributed by atoms with Crippen LogP contribution in [0.15, 0.2) is 0 Å². The van der Waals surface area contributed by atoms with Crippen molar-refractivity contribution in [3.05, 3.63) is 0 Å². The average molecular weight is 244 g/mol. The smallest absolute Gasteiger partial charge is 0.306 e. The maximum Gasteiger partial charge on any atom is 0.306 e. The largest absolute Gasteiger partial charge is 0.466 e. The normalized spacial score (nSPS) is 13.5. The van der Waals surface area contributed by atoms with Gasteiger partial charge in [0.1, 0.15) is 0 Å². The second kappa shape index (κ2) is 8.51. The van der Waals surface area contributed by atoms with Crippen LogP contribution in [0.3, 0.4) is 0 Å². The molecule has 0 saturated heterocycles. The summed E-state index contributed by atoms with van der Waals surface area (Å²) >= 11 is 0. The van der Waals surface area contributed by atoms with Gasteiger partial charge in [-0.25, -0.2) is 0 Å². The third-order valence-electron chi connectivity index (χ3n) is 3.35. The van der Waals surface area contributed by atoms with E-state index in [-0.39, 0.29) is 11.9 Å². The highest BCUT2D eigenvalue weighted by atomic mass is 16.5. The Labute approximate surface area is 106 Å². The van der Waals surface area contributed by atoms with E-state index in [1.54, 1.807) is 7.11 Å². The molecule has 0 bridgehead atoms. The van der Waals surface area contributed by atoms with Gasteiger partial charge in [-0.3, -0.25) is 4.79 Å². The minimum atomic E-state index is -0.108. The van der Waals surface area contributed by atoms with Crippen LogP contribution in [0.5, 0.6) is 0 Å². The highest BCUT2D eigenvalue weighted by Crippen LogP contribution is 2.29. The molecule has 0 aliphatic heterocycles. The monoisotopic (exact) mass is 244 g/mol. The van der Waals surface area contributed by atoms with Gasteiger partial charge >= 0.3 is 5.97 Å². The summed E-state index contributed by atoms with van der Waals surface area (Å²) in [4.78, 5) is 11.4. The fourth-order valence-electron chi connectivity index (χ4n) is 1.71. The molecule has 0 aliphatic rings. The van der Waals surface area contributed by atoms with Gasteiger partial charge in [0.15, 0.2) is 0 Å². The fourth-order valence-corrected chi connectivity index (χ4v) is 1.71. The van der Waals surface area contributed by atoms with E-state index in [4.69, 9.17) is 9.47 Å². The molecule has 0 aromatic carbocycles. The minimum absolute atomic E-state index is 0.108. The van der Waals surface area contributed by atoms with Crippen molar-refractivity contribution in [2.75, 3.05) is 20.3 Å². The molecule has 0 aromatic rings. The number of hydrogen-bond acceptors (Lipinski definition) is 3. The summed E-state index contributed by atoms with van der Waals surface area (Å²) < 4.78 is 10.2. The average Bonchev–Trinajstić information content (AvgIpc) is 2.27. The van der Waals surface area contributed by atoms with Gasteiger partial charge in [0.05, 0.1) is 13.0 Å². The lowest BCUT2D eigenvalue weighted by Gasteiger charge is -2.25. The summed E-state index contributed by atoms with van der Waals surface area (Å²) in [6, 6.07) is 0. The van der Waals surface area contributed by atoms with Crippen LogP contribution in [-0.4, -0.2) is 26.3 Å². The third-order valence-corrected chi connectivity index (χ3v) is 3.35. The topological polar surface area (TPSA) is 35.5 Å². The molecule has 0 aromatic heterocycles. The standard InChI is InChI=1S/C14H28O3/c1-6-14(3,4)9-8-12(11-16-5)10-13(15)17-7-2/h12H,6-11H2,1-5H3/t12-/m1/s1. The molecule has 0 radical (unpaired) electrons. The van der Waals surface area contributed by atoms with E-state index in [1.165, 1.54) is 0 Å². The molecule has 3 nitrogen and oxygen atoms in total. The van der Waals surface area contributed by atoms with Gasteiger partial charge in [-0.1, -0.05) is 27.2 Å². The van der Waals surface area contributed by atoms with Crippen molar-refractivity contribution in [2.24, 2.45) is 11.3 Å². The molecule has 0 aliphatic carbocycles. The van der Waals surface area contributed by atoms with Gasteiger partial charge in [-0.05, 0) is 31.1 Å². The highest BCUT2D eigenvalue weighted by Gasteiger charge is 2.20. The van der Waals surface area contributed by atoms with Crippen LogP contribution in [0.1, 0.15) is 53.4 Å². The van der Waals surface area contributed by atoms with Gasteiger partial charge in [0.2, 0.25) is 0 Å². The second-order valence-electron chi connectivity index (χ2n) is 5.39. The Morgan fingerprint density at radius 1 is 1.29 bits per heavy atom. The maximum absolute atomic E-state index is 11.4. The first-order valence-electron chi connectivity index (χ1n) is 6.59. The molecule has 0 unspecified atom stereocenters. The first-order valence-corrected chi connectivity index (χ1v) is 6.59. The molecular weight excluding hydrogens is 216 g/mol. The first kappa shape index (κ1) is 16.4. The van der Waals surface area contributed by atoms with E-state index in [0.717, 1.165) is 19.3 Å². The number of carbonyl (C=O) groups is 1. The van der Waals surface area contributed by atoms with Crippen LogP contribution >= 0.6 is 0 Å². The zero-order valence-corrected chi connectivity index (χ0v) is 12.0. The Kier molecular flexibility index (Phi) is 8.23. The van der Waals surface area contributed by atoms with Crippen molar-refractivity contribution in [1.29, 1.82) is 0 Å². The molecule has 3 heteroatoms. The molecule has 0 spiro atoms. The van der Waals surface area contributed by atoms with E-state index in [0.29, 0.717) is 25.0 Å². The highest BCUT2D eigenvalue weighted by molar-refractivity contribution is 5.69. The molecule has 0 N–H and O–H groups in total. The molecule has 1 atom stereocenters. The van der Waals surface area contributed by atoms with Crippen molar-refractivity contribution >= 4 is 5.97 Å². The van der Waals surface area contributed by atoms with E-state index >= 15 is 0 Å². The van der Waals surface area contributed by atoms with E-state index in [9.17, 15) is 4.79 Å². The molecule has 0 fully saturated rings. The van der Waals surface area contributed by atoms with Crippen molar-refractivity contribution in [3.8, 4) is 0 Å². The van der Waals surface area contributed by atoms with Gasteiger partial charge in [0.25, 0.3) is 0 Å². The van der Waals surface area contributed by atoms with Crippen LogP contribution in [0.25, 0.3) is 0 Å². The summed E-state index contributed by atoms with van der Waals surface area (Å²) in [7, 11) is 1.68. The predicted octanol–water partition coefficient (Wildman–Crippen LogP) is 3.42. The predicted molar refractivity (Wildman–Crippen MR) is 69.9 cm³/mol. The molecule has 0 rings (SSSR count). The third kappa shape index (κ3) is 8.19. The zero-order chi connectivity index (χ0) is 13.3. The molecule has 0 heterocycles. The number of rotatable bonds is 9. The van der Waals surface area contributed by atoms with Crippen LogP contribution in [-0.2, 0) is 14.3 Å². The van der Waals surface area contributed by atoms with E-state index in [2.05, 4.69) is 20.8 Å². The molecule has 0 amide bonds. The van der Waals surface area contributed by atoms with Crippen molar-refractivity contribution in [2.45, 2.75) is 53.4 Å². The quantitative estimate of drug-likeness (QED) is 0.583. The van der Waals surface area contributed by atoms with Gasteiger partial charge in [0, 0.05) is 13.7 Å². The van der Waals surface area contributed by atoms with E-state index in [1.807, 2.05) is 6.92 Å². The Morgan fingerprint density at radius 2 is 1.94 bits per heavy atom. The van der Waals surface area contributed by atoms with Crippen molar-refractivity contribution in [3.63, 3.8) is 0 Å². The van der Waals surface area contributed by atoms with Crippen LogP contribution in [0.4, 0.5) is 0 Å². The molecule has 0 saturated carbocycles. The van der Waals surface area contributed by atoms with Gasteiger partial charge < -0.3 is 9.47 Å². The van der Waals surface area contributed by atoms with E-state index < -0.39 is 0 Å². The van der Waals surface area contributed by atoms with Crippen LogP contribution < -0.4 is 0 Å². The van der Waals surface area contributed by atoms with Crippen molar-refractivity contribution < 1.29 is 14.3 Å². The molecule has 102 valence electrons. The number of esters is 1. The number of carbonyl (C=O) groups excluding carboxylic acids is 1. The minimum Gasteiger partial charge on any atom is -0.466 e. The second-order valence-corrected chi connectivity index (χ2v) is 5.39. The number of hydrogen-bond donors (Lipinski definition) is 0. The lowest BCUT2D eigenvalue weighted by molar-refractivity contribution is -0.144. The fraction of sp³-hybridized carbons (Fsp3) is 0.929. The van der Waals surface area contributed by atoms with Gasteiger partial charge in [-0.15, -0.1) is 0 Å². The van der Waals surface area contributed by atoms with Crippen LogP contribution in [0, 0.1) is 11.3 Å². The molecular formula is C14H28O3. The maximum atomic E-state index is 11.4.